The molecule has 8 heteroatoms. The van der Waals surface area contributed by atoms with Gasteiger partial charge >= 0.3 is 0 Å². The van der Waals surface area contributed by atoms with Crippen LogP contribution in [0.5, 0.6) is 0 Å². The first-order valence-electron chi connectivity index (χ1n) is 8.77. The number of nitrogens with two attached hydrogens (primary N) is 1. The second-order valence-electron chi connectivity index (χ2n) is 7.11. The van der Waals surface area contributed by atoms with Crippen LogP contribution in [-0.2, 0) is 4.79 Å². The van der Waals surface area contributed by atoms with E-state index in [0.717, 1.165) is 12.5 Å². The highest BCUT2D eigenvalue weighted by Crippen LogP contribution is 2.24. The lowest BCUT2D eigenvalue weighted by Gasteiger charge is -2.22. The molecule has 1 amide bonds. The molecule has 0 radical (unpaired) electrons. The molecule has 0 aliphatic carbocycles. The summed E-state index contributed by atoms with van der Waals surface area (Å²) in [5.41, 5.74) is 5.04. The third-order valence-electron chi connectivity index (χ3n) is 4.42. The van der Waals surface area contributed by atoms with Crippen molar-refractivity contribution in [1.82, 2.24) is 10.6 Å². The number of nitrogens with one attached hydrogen (secondary N) is 2. The fourth-order valence-corrected chi connectivity index (χ4v) is 2.70. The van der Waals surface area contributed by atoms with Crippen molar-refractivity contribution in [3.8, 4) is 0 Å². The van der Waals surface area contributed by atoms with Crippen molar-refractivity contribution >= 4 is 17.6 Å². The monoisotopic (exact) mass is 367 g/mol. The van der Waals surface area contributed by atoms with E-state index in [1.807, 2.05) is 11.8 Å². The Morgan fingerprint density at radius 1 is 1.42 bits per heavy atom. The van der Waals surface area contributed by atoms with Crippen LogP contribution in [0.4, 0.5) is 14.5 Å². The molecule has 0 bridgehead atoms. The van der Waals surface area contributed by atoms with Crippen molar-refractivity contribution in [2.45, 2.75) is 33.2 Å². The summed E-state index contributed by atoms with van der Waals surface area (Å²) in [5.74, 6) is -0.961. The zero-order valence-corrected chi connectivity index (χ0v) is 15.5. The van der Waals surface area contributed by atoms with E-state index in [-0.39, 0.29) is 12.6 Å². The first-order chi connectivity index (χ1) is 12.2. The van der Waals surface area contributed by atoms with Crippen LogP contribution < -0.4 is 21.3 Å². The van der Waals surface area contributed by atoms with Crippen molar-refractivity contribution in [3.05, 3.63) is 29.8 Å². The Hall–Kier alpha value is -2.38. The smallest absolute Gasteiger partial charge is 0.224 e. The van der Waals surface area contributed by atoms with Crippen molar-refractivity contribution < 1.29 is 13.6 Å². The number of anilines is 1. The molecule has 1 saturated heterocycles. The number of halogens is 2. The van der Waals surface area contributed by atoms with Crippen LogP contribution in [0.2, 0.25) is 0 Å². The normalized spacial score (nSPS) is 18.1. The van der Waals surface area contributed by atoms with Crippen molar-refractivity contribution in [2.24, 2.45) is 16.1 Å². The molecule has 0 aromatic heterocycles. The van der Waals surface area contributed by atoms with Crippen molar-refractivity contribution in [3.63, 3.8) is 0 Å². The Bertz CT molecular complexity index is 678. The molecule has 0 saturated carbocycles. The predicted octanol–water partition coefficient (Wildman–Crippen LogP) is 1.61. The molecule has 1 heterocycles. The Morgan fingerprint density at radius 3 is 2.77 bits per heavy atom. The van der Waals surface area contributed by atoms with Gasteiger partial charge in [0, 0.05) is 31.7 Å². The number of hydrogen-bond donors (Lipinski definition) is 3. The lowest BCUT2D eigenvalue weighted by atomic mass is 9.93. The molecule has 1 aromatic carbocycles. The van der Waals surface area contributed by atoms with E-state index in [4.69, 9.17) is 5.73 Å². The summed E-state index contributed by atoms with van der Waals surface area (Å²) in [6, 6.07) is 3.68. The van der Waals surface area contributed by atoms with Gasteiger partial charge in [-0.25, -0.2) is 8.78 Å². The molecule has 0 spiro atoms. The number of carbonyl (C=O) groups excluding carboxylic acids is 1. The van der Waals surface area contributed by atoms with Gasteiger partial charge in [0.25, 0.3) is 0 Å². The van der Waals surface area contributed by atoms with E-state index in [0.29, 0.717) is 31.3 Å². The van der Waals surface area contributed by atoms with Crippen LogP contribution in [0.25, 0.3) is 0 Å². The highest BCUT2D eigenvalue weighted by Gasteiger charge is 2.27. The molecule has 1 aliphatic heterocycles. The number of nitrogens with zero attached hydrogens (tertiary/aromatic N) is 2. The number of amides is 1. The minimum atomic E-state index is -0.735. The summed E-state index contributed by atoms with van der Waals surface area (Å²) in [5, 5.41) is 6.45. The van der Waals surface area contributed by atoms with E-state index in [2.05, 4.69) is 15.6 Å². The molecule has 6 nitrogen and oxygen atoms in total. The predicted molar refractivity (Wildman–Crippen MR) is 99.1 cm³/mol. The molecule has 1 atom stereocenters. The Morgan fingerprint density at radius 2 is 2.15 bits per heavy atom. The number of guanidine groups is 1. The molecule has 1 unspecified atom stereocenters. The van der Waals surface area contributed by atoms with E-state index < -0.39 is 23.0 Å². The van der Waals surface area contributed by atoms with Crippen molar-refractivity contribution in [1.29, 1.82) is 0 Å². The zero-order valence-electron chi connectivity index (χ0n) is 15.5. The van der Waals surface area contributed by atoms with E-state index in [1.165, 1.54) is 12.1 Å². The maximum Gasteiger partial charge on any atom is 0.224 e. The Labute approximate surface area is 152 Å². The molecule has 1 fully saturated rings. The summed E-state index contributed by atoms with van der Waals surface area (Å²) in [4.78, 5) is 17.8. The third kappa shape index (κ3) is 5.06. The molecule has 144 valence electrons. The van der Waals surface area contributed by atoms with E-state index in [1.54, 1.807) is 13.8 Å². The Balaban J connectivity index is 2.01. The van der Waals surface area contributed by atoms with Gasteiger partial charge in [0.15, 0.2) is 5.96 Å². The zero-order chi connectivity index (χ0) is 19.3. The van der Waals surface area contributed by atoms with Crippen LogP contribution in [0.15, 0.2) is 23.2 Å². The topological polar surface area (TPSA) is 82.7 Å². The molecule has 4 N–H and O–H groups in total. The fourth-order valence-electron chi connectivity index (χ4n) is 2.70. The van der Waals surface area contributed by atoms with Crippen LogP contribution in [0, 0.1) is 17.0 Å². The highest BCUT2D eigenvalue weighted by atomic mass is 19.1. The standard InChI is InChI=1S/C18H27F2N5O/c1-4-22-17(23-11-18(2,3)16(21)26)24-13-7-8-25(10-13)15-6-5-12(19)9-14(15)20/h5-6,9,13H,4,7-8,10-11H2,1-3H3,(H2,21,26)(H2,22,23,24). The highest BCUT2D eigenvalue weighted by molar-refractivity contribution is 5.83. The molecule has 2 rings (SSSR count). The van der Waals surface area contributed by atoms with Gasteiger partial charge in [-0.15, -0.1) is 0 Å². The van der Waals surface area contributed by atoms with Crippen LogP contribution in [0.3, 0.4) is 0 Å². The van der Waals surface area contributed by atoms with Gasteiger partial charge in [0.1, 0.15) is 11.6 Å². The molecule has 1 aliphatic rings. The summed E-state index contributed by atoms with van der Waals surface area (Å²) in [7, 11) is 0. The fraction of sp³-hybridized carbons (Fsp3) is 0.556. The SMILES string of the molecule is CCNC(=NCC(C)(C)C(N)=O)NC1CCN(c2ccc(F)cc2F)C1. The number of hydrogen-bond acceptors (Lipinski definition) is 3. The van der Waals surface area contributed by atoms with Gasteiger partial charge in [-0.05, 0) is 39.3 Å². The maximum absolute atomic E-state index is 14.0. The summed E-state index contributed by atoms with van der Waals surface area (Å²) >= 11 is 0. The lowest BCUT2D eigenvalue weighted by molar-refractivity contribution is -0.125. The van der Waals surface area contributed by atoms with E-state index >= 15 is 0 Å². The van der Waals surface area contributed by atoms with Crippen LogP contribution >= 0.6 is 0 Å². The van der Waals surface area contributed by atoms with Gasteiger partial charge in [-0.3, -0.25) is 9.79 Å². The molecule has 1 aromatic rings. The molecular formula is C18H27F2N5O. The van der Waals surface area contributed by atoms with Gasteiger partial charge in [0.2, 0.25) is 5.91 Å². The number of rotatable bonds is 6. The quantitative estimate of drug-likeness (QED) is 0.527. The minimum absolute atomic E-state index is 0.0638. The maximum atomic E-state index is 14.0. The number of benzene rings is 1. The largest absolute Gasteiger partial charge is 0.369 e. The first-order valence-corrected chi connectivity index (χ1v) is 8.77. The first kappa shape index (κ1) is 19.9. The lowest BCUT2D eigenvalue weighted by Crippen LogP contribution is -2.45. The second-order valence-corrected chi connectivity index (χ2v) is 7.11. The molecule has 26 heavy (non-hydrogen) atoms. The van der Waals surface area contributed by atoms with Crippen molar-refractivity contribution in [2.75, 3.05) is 31.1 Å². The second kappa shape index (κ2) is 8.33. The number of primary amides is 1. The Kier molecular flexibility index (Phi) is 6.39. The van der Waals surface area contributed by atoms with Crippen LogP contribution in [0.1, 0.15) is 27.2 Å². The summed E-state index contributed by atoms with van der Waals surface area (Å²) < 4.78 is 27.0. The van der Waals surface area contributed by atoms with Gasteiger partial charge < -0.3 is 21.3 Å². The van der Waals surface area contributed by atoms with Crippen LogP contribution in [-0.4, -0.2) is 44.1 Å². The average Bonchev–Trinajstić information content (AvgIpc) is 3.01. The van der Waals surface area contributed by atoms with Gasteiger partial charge in [-0.2, -0.15) is 0 Å². The number of carbonyl (C=O) groups is 1. The minimum Gasteiger partial charge on any atom is -0.369 e. The van der Waals surface area contributed by atoms with Gasteiger partial charge in [0.05, 0.1) is 17.6 Å². The van der Waals surface area contributed by atoms with E-state index in [9.17, 15) is 13.6 Å². The number of aliphatic imine (C=N–C) groups is 1. The van der Waals surface area contributed by atoms with Gasteiger partial charge in [-0.1, -0.05) is 0 Å². The third-order valence-corrected chi connectivity index (χ3v) is 4.42. The summed E-state index contributed by atoms with van der Waals surface area (Å²) in [6.45, 7) is 7.62. The average molecular weight is 367 g/mol. The molecular weight excluding hydrogens is 340 g/mol. The summed E-state index contributed by atoms with van der Waals surface area (Å²) in [6.07, 6.45) is 0.792.